The maximum atomic E-state index is 4.99. The lowest BCUT2D eigenvalue weighted by atomic mass is 10.0. The molecule has 0 radical (unpaired) electrons. The fraction of sp³-hybridized carbons (Fsp3) is 0.462. The van der Waals surface area contributed by atoms with Crippen LogP contribution < -0.4 is 0 Å². The van der Waals surface area contributed by atoms with Crippen molar-refractivity contribution in [2.45, 2.75) is 117 Å². The first-order chi connectivity index (χ1) is 20.7. The van der Waals surface area contributed by atoms with Crippen molar-refractivity contribution in [3.05, 3.63) is 89.5 Å². The lowest BCUT2D eigenvalue weighted by Gasteiger charge is -2.10. The molecule has 3 nitrogen and oxygen atoms in total. The van der Waals surface area contributed by atoms with Crippen LogP contribution in [0.3, 0.4) is 0 Å². The average molecular weight is 562 g/mol. The van der Waals surface area contributed by atoms with Gasteiger partial charge in [-0.15, -0.1) is 0 Å². The van der Waals surface area contributed by atoms with Gasteiger partial charge in [-0.25, -0.2) is 15.0 Å². The highest BCUT2D eigenvalue weighted by Gasteiger charge is 2.13. The van der Waals surface area contributed by atoms with Crippen molar-refractivity contribution in [2.75, 3.05) is 0 Å². The number of nitrogens with zero attached hydrogens (tertiary/aromatic N) is 3. The fourth-order valence-electron chi connectivity index (χ4n) is 5.49. The number of rotatable bonds is 18. The predicted octanol–water partition coefficient (Wildman–Crippen LogP) is 11.2. The summed E-state index contributed by atoms with van der Waals surface area (Å²) in [5, 5.41) is 0. The molecule has 0 atom stereocenters. The molecule has 1 aromatic heterocycles. The third-order valence-corrected chi connectivity index (χ3v) is 8.23. The van der Waals surface area contributed by atoms with E-state index in [1.165, 1.54) is 93.7 Å². The summed E-state index contributed by atoms with van der Waals surface area (Å²) in [7, 11) is 0. The number of aryl methyl sites for hydroxylation is 3. The predicted molar refractivity (Wildman–Crippen MR) is 180 cm³/mol. The van der Waals surface area contributed by atoms with Gasteiger partial charge in [0.05, 0.1) is 0 Å². The minimum atomic E-state index is 0.736. The van der Waals surface area contributed by atoms with E-state index in [9.17, 15) is 0 Å². The van der Waals surface area contributed by atoms with Crippen molar-refractivity contribution in [3.63, 3.8) is 0 Å². The standard InChI is InChI=1S/C39H51N3/c1-4-7-10-13-16-31-19-25-34(26-20-31)37-40-38(35-27-21-32(22-28-35)17-14-11-8-5-2)42-39(41-37)36-29-23-33(24-30-36)18-15-12-9-6-3/h19-30H,4-18H2,1-3H3. The van der Waals surface area contributed by atoms with E-state index in [0.29, 0.717) is 0 Å². The molecule has 0 aliphatic heterocycles. The quantitative estimate of drug-likeness (QED) is 0.113. The van der Waals surface area contributed by atoms with Gasteiger partial charge in [0.25, 0.3) is 0 Å². The summed E-state index contributed by atoms with van der Waals surface area (Å²) in [6, 6.07) is 26.5. The summed E-state index contributed by atoms with van der Waals surface area (Å²) in [5.41, 5.74) is 7.27. The summed E-state index contributed by atoms with van der Waals surface area (Å²) < 4.78 is 0. The second-order valence-corrected chi connectivity index (χ2v) is 11.8. The molecular weight excluding hydrogens is 510 g/mol. The highest BCUT2D eigenvalue weighted by atomic mass is 15.0. The molecule has 0 spiro atoms. The molecule has 0 saturated carbocycles. The van der Waals surface area contributed by atoms with Crippen LogP contribution in [0.5, 0.6) is 0 Å². The van der Waals surface area contributed by atoms with Crippen LogP contribution >= 0.6 is 0 Å². The van der Waals surface area contributed by atoms with Crippen molar-refractivity contribution in [1.82, 2.24) is 15.0 Å². The largest absolute Gasteiger partial charge is 0.208 e. The van der Waals surface area contributed by atoms with Gasteiger partial charge in [0, 0.05) is 16.7 Å². The van der Waals surface area contributed by atoms with Crippen LogP contribution in [0.2, 0.25) is 0 Å². The molecule has 42 heavy (non-hydrogen) atoms. The van der Waals surface area contributed by atoms with E-state index in [2.05, 4.69) is 93.6 Å². The van der Waals surface area contributed by atoms with Crippen LogP contribution in [0.1, 0.15) is 115 Å². The van der Waals surface area contributed by atoms with Gasteiger partial charge in [-0.05, 0) is 55.2 Å². The average Bonchev–Trinajstić information content (AvgIpc) is 3.04. The van der Waals surface area contributed by atoms with E-state index < -0.39 is 0 Å². The second kappa shape index (κ2) is 17.6. The molecule has 0 bridgehead atoms. The Morgan fingerprint density at radius 3 is 0.833 bits per heavy atom. The Morgan fingerprint density at radius 2 is 0.595 bits per heavy atom. The number of hydrogen-bond acceptors (Lipinski definition) is 3. The van der Waals surface area contributed by atoms with Gasteiger partial charge in [-0.2, -0.15) is 0 Å². The molecule has 0 saturated heterocycles. The van der Waals surface area contributed by atoms with Gasteiger partial charge >= 0.3 is 0 Å². The van der Waals surface area contributed by atoms with E-state index in [-0.39, 0.29) is 0 Å². The maximum Gasteiger partial charge on any atom is 0.164 e. The fourth-order valence-corrected chi connectivity index (χ4v) is 5.49. The summed E-state index contributed by atoms with van der Waals surface area (Å²) >= 11 is 0. The van der Waals surface area contributed by atoms with Crippen molar-refractivity contribution < 1.29 is 0 Å². The maximum absolute atomic E-state index is 4.99. The van der Waals surface area contributed by atoms with Crippen molar-refractivity contribution >= 4 is 0 Å². The highest BCUT2D eigenvalue weighted by Crippen LogP contribution is 2.26. The van der Waals surface area contributed by atoms with E-state index in [1.54, 1.807) is 0 Å². The molecule has 0 aliphatic rings. The van der Waals surface area contributed by atoms with Gasteiger partial charge in [0.15, 0.2) is 17.5 Å². The molecule has 222 valence electrons. The van der Waals surface area contributed by atoms with Crippen molar-refractivity contribution in [1.29, 1.82) is 0 Å². The first-order valence-corrected chi connectivity index (χ1v) is 16.7. The van der Waals surface area contributed by atoms with E-state index in [0.717, 1.165) is 53.4 Å². The molecule has 0 fully saturated rings. The van der Waals surface area contributed by atoms with E-state index >= 15 is 0 Å². The summed E-state index contributed by atoms with van der Waals surface area (Å²) in [5.74, 6) is 2.21. The van der Waals surface area contributed by atoms with Crippen LogP contribution in [-0.2, 0) is 19.3 Å². The van der Waals surface area contributed by atoms with Crippen LogP contribution in [0.25, 0.3) is 34.2 Å². The Balaban J connectivity index is 1.58. The lowest BCUT2D eigenvalue weighted by Crippen LogP contribution is -2.00. The van der Waals surface area contributed by atoms with E-state index in [4.69, 9.17) is 15.0 Å². The molecule has 0 aliphatic carbocycles. The van der Waals surface area contributed by atoms with Gasteiger partial charge in [0.1, 0.15) is 0 Å². The second-order valence-electron chi connectivity index (χ2n) is 11.8. The van der Waals surface area contributed by atoms with Gasteiger partial charge in [0.2, 0.25) is 0 Å². The Kier molecular flexibility index (Phi) is 13.2. The Bertz CT molecular complexity index is 1130. The first-order valence-electron chi connectivity index (χ1n) is 16.7. The minimum absolute atomic E-state index is 0.736. The topological polar surface area (TPSA) is 38.7 Å². The van der Waals surface area contributed by atoms with Gasteiger partial charge < -0.3 is 0 Å². The van der Waals surface area contributed by atoms with Crippen LogP contribution in [0.15, 0.2) is 72.8 Å². The SMILES string of the molecule is CCCCCCc1ccc(-c2nc(-c3ccc(CCCCCC)cc3)nc(-c3ccc(CCCCCC)cc3)n2)cc1. The molecule has 0 N–H and O–H groups in total. The van der Waals surface area contributed by atoms with Gasteiger partial charge in [-0.1, -0.05) is 151 Å². The molecule has 4 rings (SSSR count). The summed E-state index contributed by atoms with van der Waals surface area (Å²) in [4.78, 5) is 15.0. The number of unbranched alkanes of at least 4 members (excludes halogenated alkanes) is 9. The zero-order valence-corrected chi connectivity index (χ0v) is 26.4. The summed E-state index contributed by atoms with van der Waals surface area (Å²) in [6.45, 7) is 6.79. The number of aromatic nitrogens is 3. The molecule has 3 heteroatoms. The van der Waals surface area contributed by atoms with Crippen LogP contribution in [0.4, 0.5) is 0 Å². The normalized spacial score (nSPS) is 11.2. The molecular formula is C39H51N3. The van der Waals surface area contributed by atoms with Crippen molar-refractivity contribution in [2.24, 2.45) is 0 Å². The molecule has 0 unspecified atom stereocenters. The molecule has 3 aromatic carbocycles. The highest BCUT2D eigenvalue weighted by molar-refractivity contribution is 5.66. The smallest absolute Gasteiger partial charge is 0.164 e. The van der Waals surface area contributed by atoms with Gasteiger partial charge in [-0.3, -0.25) is 0 Å². The lowest BCUT2D eigenvalue weighted by molar-refractivity contribution is 0.667. The van der Waals surface area contributed by atoms with E-state index in [1.807, 2.05) is 0 Å². The third-order valence-electron chi connectivity index (χ3n) is 8.23. The van der Waals surface area contributed by atoms with Crippen LogP contribution in [-0.4, -0.2) is 15.0 Å². The molecule has 1 heterocycles. The Labute approximate surface area is 255 Å². The number of benzene rings is 3. The first kappa shape index (κ1) is 31.6. The molecule has 0 amide bonds. The number of hydrogen-bond donors (Lipinski definition) is 0. The van der Waals surface area contributed by atoms with Crippen molar-refractivity contribution in [3.8, 4) is 34.2 Å². The summed E-state index contributed by atoms with van der Waals surface area (Å²) in [6.07, 6.45) is 18.8. The minimum Gasteiger partial charge on any atom is -0.208 e. The zero-order valence-electron chi connectivity index (χ0n) is 26.4. The third kappa shape index (κ3) is 9.89. The molecule has 4 aromatic rings. The zero-order chi connectivity index (χ0) is 29.4. The monoisotopic (exact) mass is 561 g/mol. The Morgan fingerprint density at radius 1 is 0.333 bits per heavy atom. The Hall–Kier alpha value is -3.33. The van der Waals surface area contributed by atoms with Crippen LogP contribution in [0, 0.1) is 0 Å².